The molecule has 4 aromatic heterocycles. The molecule has 0 atom stereocenters. The molecule has 0 amide bonds. The number of nitrogens with one attached hydrogen (secondary N) is 1. The fourth-order valence-corrected chi connectivity index (χ4v) is 5.09. The minimum Gasteiger partial charge on any atom is -0.368 e. The topological polar surface area (TPSA) is 124 Å². The largest absolute Gasteiger partial charge is 0.368 e. The third-order valence-corrected chi connectivity index (χ3v) is 6.56. The van der Waals surface area contributed by atoms with E-state index in [0.717, 1.165) is 15.3 Å². The van der Waals surface area contributed by atoms with Crippen molar-refractivity contribution in [2.75, 3.05) is 5.73 Å². The lowest BCUT2D eigenvalue weighted by Gasteiger charge is -2.15. The van der Waals surface area contributed by atoms with Crippen LogP contribution in [0.4, 0.5) is 5.95 Å². The third-order valence-electron chi connectivity index (χ3n) is 4.47. The first kappa shape index (κ1) is 18.7. The van der Waals surface area contributed by atoms with Gasteiger partial charge in [-0.25, -0.2) is 9.97 Å². The molecule has 4 heterocycles. The van der Waals surface area contributed by atoms with Crippen LogP contribution in [0.2, 0.25) is 0 Å². The van der Waals surface area contributed by atoms with Crippen LogP contribution in [0.3, 0.4) is 0 Å². The number of hydrogen-bond donors (Lipinski definition) is 2. The molecule has 0 aliphatic heterocycles. The number of hydrogen-bond acceptors (Lipinski definition) is 8. The SMILES string of the molecule is Cc1sc2nc(SCc3cc(=O)n4[nH]c(N)nc4n3)n(C(C)C)c(=O)c2c1C. The average molecular weight is 418 g/mol. The number of fused-ring (bicyclic) bond motifs is 2. The molecule has 11 heteroatoms. The van der Waals surface area contributed by atoms with E-state index in [9.17, 15) is 9.59 Å². The van der Waals surface area contributed by atoms with Gasteiger partial charge >= 0.3 is 0 Å². The van der Waals surface area contributed by atoms with Gasteiger partial charge in [0.15, 0.2) is 5.16 Å². The van der Waals surface area contributed by atoms with Crippen molar-refractivity contribution in [1.82, 2.24) is 29.1 Å². The van der Waals surface area contributed by atoms with Crippen LogP contribution in [0.5, 0.6) is 0 Å². The van der Waals surface area contributed by atoms with Crippen LogP contribution in [-0.2, 0) is 5.75 Å². The van der Waals surface area contributed by atoms with Gasteiger partial charge in [0.1, 0.15) is 4.83 Å². The first-order valence-corrected chi connectivity index (χ1v) is 10.5. The third kappa shape index (κ3) is 3.00. The summed E-state index contributed by atoms with van der Waals surface area (Å²) >= 11 is 2.90. The summed E-state index contributed by atoms with van der Waals surface area (Å²) in [6.45, 7) is 7.86. The van der Waals surface area contributed by atoms with Gasteiger partial charge in [-0.05, 0) is 33.3 Å². The van der Waals surface area contributed by atoms with E-state index in [4.69, 9.17) is 10.7 Å². The predicted octanol–water partition coefficient (Wildman–Crippen LogP) is 2.26. The molecule has 0 aliphatic rings. The lowest BCUT2D eigenvalue weighted by atomic mass is 10.2. The van der Waals surface area contributed by atoms with E-state index in [-0.39, 0.29) is 28.9 Å². The maximum Gasteiger partial charge on any atom is 0.274 e. The van der Waals surface area contributed by atoms with Gasteiger partial charge in [-0.2, -0.15) is 9.50 Å². The minimum absolute atomic E-state index is 0.0343. The average Bonchev–Trinajstić information content (AvgIpc) is 3.12. The molecule has 9 nitrogen and oxygen atoms in total. The highest BCUT2D eigenvalue weighted by Gasteiger charge is 2.19. The Morgan fingerprint density at radius 1 is 1.25 bits per heavy atom. The zero-order valence-electron chi connectivity index (χ0n) is 15.8. The zero-order valence-corrected chi connectivity index (χ0v) is 17.4. The summed E-state index contributed by atoms with van der Waals surface area (Å²) in [4.78, 5) is 40.2. The van der Waals surface area contributed by atoms with Crippen molar-refractivity contribution in [3.05, 3.63) is 42.9 Å². The number of aryl methyl sites for hydroxylation is 2. The highest BCUT2D eigenvalue weighted by atomic mass is 32.2. The summed E-state index contributed by atoms with van der Waals surface area (Å²) in [6, 6.07) is 1.38. The predicted molar refractivity (Wildman–Crippen MR) is 111 cm³/mol. The monoisotopic (exact) mass is 417 g/mol. The second kappa shape index (κ2) is 6.74. The maximum absolute atomic E-state index is 13.1. The first-order valence-electron chi connectivity index (χ1n) is 8.65. The second-order valence-electron chi connectivity index (χ2n) is 6.75. The van der Waals surface area contributed by atoms with Crippen LogP contribution in [0.1, 0.15) is 36.0 Å². The van der Waals surface area contributed by atoms with E-state index < -0.39 is 0 Å². The molecular formula is C17H19N7O2S2. The lowest BCUT2D eigenvalue weighted by molar-refractivity contribution is 0.519. The van der Waals surface area contributed by atoms with Crippen molar-refractivity contribution in [2.24, 2.45) is 0 Å². The Morgan fingerprint density at radius 2 is 2.00 bits per heavy atom. The number of anilines is 1. The Kier molecular flexibility index (Phi) is 4.50. The van der Waals surface area contributed by atoms with Gasteiger partial charge in [0.05, 0.1) is 11.1 Å². The molecule has 0 unspecified atom stereocenters. The van der Waals surface area contributed by atoms with E-state index >= 15 is 0 Å². The summed E-state index contributed by atoms with van der Waals surface area (Å²) in [5.41, 5.74) is 6.80. The van der Waals surface area contributed by atoms with Gasteiger partial charge < -0.3 is 5.73 Å². The van der Waals surface area contributed by atoms with E-state index in [1.54, 1.807) is 4.57 Å². The molecule has 146 valence electrons. The quantitative estimate of drug-likeness (QED) is 0.385. The lowest BCUT2D eigenvalue weighted by Crippen LogP contribution is -2.25. The van der Waals surface area contributed by atoms with Gasteiger partial charge in [-0.1, -0.05) is 11.8 Å². The van der Waals surface area contributed by atoms with Gasteiger partial charge in [0, 0.05) is 22.7 Å². The van der Waals surface area contributed by atoms with Crippen molar-refractivity contribution < 1.29 is 0 Å². The Bertz CT molecular complexity index is 1330. The van der Waals surface area contributed by atoms with Gasteiger partial charge in [-0.15, -0.1) is 11.3 Å². The molecule has 0 aromatic carbocycles. The number of thioether (sulfide) groups is 1. The number of aromatic nitrogens is 6. The molecule has 0 radical (unpaired) electrons. The fourth-order valence-electron chi connectivity index (χ4n) is 3.00. The molecule has 0 bridgehead atoms. The zero-order chi connectivity index (χ0) is 20.2. The molecule has 4 aromatic rings. The summed E-state index contributed by atoms with van der Waals surface area (Å²) in [6.07, 6.45) is 0. The highest BCUT2D eigenvalue weighted by molar-refractivity contribution is 7.98. The molecule has 4 rings (SSSR count). The summed E-state index contributed by atoms with van der Waals surface area (Å²) < 4.78 is 2.89. The van der Waals surface area contributed by atoms with E-state index in [0.29, 0.717) is 22.0 Å². The van der Waals surface area contributed by atoms with Crippen LogP contribution in [0.15, 0.2) is 20.8 Å². The number of thiophene rings is 1. The van der Waals surface area contributed by atoms with Gasteiger partial charge in [0.25, 0.3) is 16.9 Å². The minimum atomic E-state index is -0.293. The van der Waals surface area contributed by atoms with E-state index in [1.165, 1.54) is 33.7 Å². The number of H-pyrrole nitrogens is 1. The Balaban J connectivity index is 1.76. The molecule has 0 fully saturated rings. The summed E-state index contributed by atoms with van der Waals surface area (Å²) in [5, 5.41) is 3.93. The van der Waals surface area contributed by atoms with Crippen molar-refractivity contribution in [3.63, 3.8) is 0 Å². The number of nitrogens with two attached hydrogens (primary N) is 1. The number of aromatic amines is 1. The molecule has 28 heavy (non-hydrogen) atoms. The van der Waals surface area contributed by atoms with Crippen LogP contribution in [-0.4, -0.2) is 29.1 Å². The first-order chi connectivity index (χ1) is 13.3. The standard InChI is InChI=1S/C17H19N7O2S2/c1-7(2)23-14(26)12-8(3)9(4)28-13(12)20-17(23)27-6-10-5-11(25)24-16(19-10)21-15(18)22-24/h5,7H,6H2,1-4H3,(H3,18,19,21,22). The Labute approximate surface area is 167 Å². The van der Waals surface area contributed by atoms with Crippen molar-refractivity contribution in [3.8, 4) is 0 Å². The number of nitrogens with zero attached hydrogens (tertiary/aromatic N) is 5. The van der Waals surface area contributed by atoms with Crippen LogP contribution in [0.25, 0.3) is 16.0 Å². The van der Waals surface area contributed by atoms with Gasteiger partial charge in [0.2, 0.25) is 5.95 Å². The molecule has 0 spiro atoms. The molecule has 0 saturated carbocycles. The highest BCUT2D eigenvalue weighted by Crippen LogP contribution is 2.30. The fraction of sp³-hybridized carbons (Fsp3) is 0.353. The van der Waals surface area contributed by atoms with Crippen LogP contribution >= 0.6 is 23.1 Å². The van der Waals surface area contributed by atoms with Crippen LogP contribution in [0, 0.1) is 13.8 Å². The second-order valence-corrected chi connectivity index (χ2v) is 8.89. The van der Waals surface area contributed by atoms with Crippen molar-refractivity contribution in [2.45, 2.75) is 44.6 Å². The van der Waals surface area contributed by atoms with Crippen LogP contribution < -0.4 is 16.9 Å². The molecule has 3 N–H and O–H groups in total. The van der Waals surface area contributed by atoms with Crippen molar-refractivity contribution in [1.29, 1.82) is 0 Å². The smallest absolute Gasteiger partial charge is 0.274 e. The normalized spacial score (nSPS) is 11.9. The Hall–Kier alpha value is -2.66. The Morgan fingerprint density at radius 3 is 2.71 bits per heavy atom. The number of rotatable bonds is 4. The molecule has 0 aliphatic carbocycles. The molecular weight excluding hydrogens is 398 g/mol. The van der Waals surface area contributed by atoms with Crippen molar-refractivity contribution >= 4 is 45.0 Å². The maximum atomic E-state index is 13.1. The van der Waals surface area contributed by atoms with E-state index in [1.807, 2.05) is 27.7 Å². The van der Waals surface area contributed by atoms with Gasteiger partial charge in [-0.3, -0.25) is 19.3 Å². The van der Waals surface area contributed by atoms with E-state index in [2.05, 4.69) is 15.1 Å². The molecule has 0 saturated heterocycles. The summed E-state index contributed by atoms with van der Waals surface area (Å²) in [5.74, 6) is 0.723. The summed E-state index contributed by atoms with van der Waals surface area (Å²) in [7, 11) is 0. The number of nitrogen functional groups attached to an aromatic ring is 1.